The third kappa shape index (κ3) is 1.66. The molecule has 17 heavy (non-hydrogen) atoms. The molecule has 2 N–H and O–H groups in total. The lowest BCUT2D eigenvalue weighted by Crippen LogP contribution is -2.46. The predicted octanol–water partition coefficient (Wildman–Crippen LogP) is 3.02. The molecule has 1 aromatic carbocycles. The van der Waals surface area contributed by atoms with Crippen LogP contribution in [0, 0.1) is 11.8 Å². The second-order valence-electron chi connectivity index (χ2n) is 5.63. The van der Waals surface area contributed by atoms with Crippen LogP contribution in [0.1, 0.15) is 38.2 Å². The maximum absolute atomic E-state index is 9.42. The summed E-state index contributed by atoms with van der Waals surface area (Å²) in [6.45, 7) is 3.21. The topological polar surface area (TPSA) is 32.3 Å². The van der Waals surface area contributed by atoms with E-state index in [1.54, 1.807) is 0 Å². The van der Waals surface area contributed by atoms with E-state index < -0.39 is 0 Å². The van der Waals surface area contributed by atoms with Gasteiger partial charge < -0.3 is 10.4 Å². The zero-order chi connectivity index (χ0) is 11.9. The number of rotatable bonds is 3. The number of aromatic hydroxyl groups is 1. The van der Waals surface area contributed by atoms with Gasteiger partial charge in [0.25, 0.3) is 0 Å². The van der Waals surface area contributed by atoms with Crippen molar-refractivity contribution in [2.75, 3.05) is 6.54 Å². The molecule has 0 aromatic heterocycles. The first-order chi connectivity index (χ1) is 8.24. The molecule has 0 unspecified atom stereocenters. The average molecular weight is 231 g/mol. The van der Waals surface area contributed by atoms with E-state index in [1.807, 2.05) is 12.1 Å². The molecule has 92 valence electrons. The molecule has 0 spiro atoms. The molecular weight excluding hydrogens is 210 g/mol. The minimum absolute atomic E-state index is 0.186. The molecule has 2 saturated carbocycles. The van der Waals surface area contributed by atoms with Crippen LogP contribution in [0.3, 0.4) is 0 Å². The van der Waals surface area contributed by atoms with Crippen molar-refractivity contribution in [1.29, 1.82) is 0 Å². The minimum atomic E-state index is 0.186. The predicted molar refractivity (Wildman–Crippen MR) is 68.9 cm³/mol. The van der Waals surface area contributed by atoms with Crippen LogP contribution in [0.15, 0.2) is 24.3 Å². The van der Waals surface area contributed by atoms with Crippen LogP contribution in [0.25, 0.3) is 0 Å². The summed E-state index contributed by atoms with van der Waals surface area (Å²) in [6, 6.07) is 7.83. The molecule has 0 aliphatic heterocycles. The molecule has 3 rings (SSSR count). The van der Waals surface area contributed by atoms with Crippen molar-refractivity contribution in [3.63, 3.8) is 0 Å². The Morgan fingerprint density at radius 2 is 2.06 bits per heavy atom. The fraction of sp³-hybridized carbons (Fsp3) is 0.600. The van der Waals surface area contributed by atoms with E-state index in [0.29, 0.717) is 5.75 Å². The first kappa shape index (κ1) is 11.1. The highest BCUT2D eigenvalue weighted by Crippen LogP contribution is 2.55. The minimum Gasteiger partial charge on any atom is -0.508 e. The van der Waals surface area contributed by atoms with Gasteiger partial charge in [0.2, 0.25) is 0 Å². The van der Waals surface area contributed by atoms with Gasteiger partial charge in [-0.05, 0) is 55.3 Å². The third-order valence-corrected chi connectivity index (χ3v) is 4.72. The monoisotopic (exact) mass is 231 g/mol. The zero-order valence-corrected chi connectivity index (χ0v) is 10.4. The van der Waals surface area contributed by atoms with E-state index in [2.05, 4.69) is 24.4 Å². The van der Waals surface area contributed by atoms with Crippen molar-refractivity contribution in [3.05, 3.63) is 29.8 Å². The SMILES string of the molecule is CCN[C@]1(c2ccc(O)cc2)C[C@H]2CC[C@@H]1C2. The van der Waals surface area contributed by atoms with Gasteiger partial charge in [-0.3, -0.25) is 0 Å². The number of phenols is 1. The van der Waals surface area contributed by atoms with Gasteiger partial charge in [0.1, 0.15) is 5.75 Å². The summed E-state index contributed by atoms with van der Waals surface area (Å²) in [5.41, 5.74) is 1.55. The molecule has 1 aromatic rings. The number of hydrogen-bond donors (Lipinski definition) is 2. The van der Waals surface area contributed by atoms with Crippen molar-refractivity contribution >= 4 is 0 Å². The Morgan fingerprint density at radius 1 is 1.29 bits per heavy atom. The van der Waals surface area contributed by atoms with E-state index in [9.17, 15) is 5.11 Å². The van der Waals surface area contributed by atoms with Gasteiger partial charge >= 0.3 is 0 Å². The molecule has 2 bridgehead atoms. The summed E-state index contributed by atoms with van der Waals surface area (Å²) in [4.78, 5) is 0. The molecule has 2 heteroatoms. The lowest BCUT2D eigenvalue weighted by atomic mass is 9.75. The molecule has 0 radical (unpaired) electrons. The first-order valence-electron chi connectivity index (χ1n) is 6.79. The summed E-state index contributed by atoms with van der Waals surface area (Å²) in [5.74, 6) is 2.06. The highest BCUT2D eigenvalue weighted by atomic mass is 16.3. The lowest BCUT2D eigenvalue weighted by Gasteiger charge is -2.39. The summed E-state index contributed by atoms with van der Waals surface area (Å²) in [6.07, 6.45) is 5.43. The van der Waals surface area contributed by atoms with E-state index in [-0.39, 0.29) is 5.54 Å². The zero-order valence-electron chi connectivity index (χ0n) is 10.4. The molecule has 0 heterocycles. The fourth-order valence-electron chi connectivity index (χ4n) is 4.08. The summed E-state index contributed by atoms with van der Waals surface area (Å²) in [5, 5.41) is 13.2. The highest BCUT2D eigenvalue weighted by molar-refractivity contribution is 5.33. The number of benzene rings is 1. The van der Waals surface area contributed by atoms with Gasteiger partial charge in [-0.25, -0.2) is 0 Å². The van der Waals surface area contributed by atoms with Crippen molar-refractivity contribution in [2.45, 2.75) is 38.1 Å². The van der Waals surface area contributed by atoms with E-state index in [1.165, 1.54) is 31.2 Å². The maximum atomic E-state index is 9.42. The second-order valence-corrected chi connectivity index (χ2v) is 5.63. The quantitative estimate of drug-likeness (QED) is 0.838. The third-order valence-electron chi connectivity index (χ3n) is 4.72. The van der Waals surface area contributed by atoms with Gasteiger partial charge in [-0.1, -0.05) is 25.5 Å². The molecule has 2 nitrogen and oxygen atoms in total. The Balaban J connectivity index is 1.97. The molecule has 2 aliphatic rings. The standard InChI is InChI=1S/C15H21NO/c1-2-16-15(10-11-3-4-13(15)9-11)12-5-7-14(17)8-6-12/h5-8,11,13,16-17H,2-4,9-10H2,1H3/t11-,13+,15-/m0/s1. The Labute approximate surface area is 103 Å². The van der Waals surface area contributed by atoms with Crippen molar-refractivity contribution in [3.8, 4) is 5.75 Å². The number of fused-ring (bicyclic) bond motifs is 2. The van der Waals surface area contributed by atoms with E-state index in [4.69, 9.17) is 0 Å². The molecule has 0 amide bonds. The van der Waals surface area contributed by atoms with Gasteiger partial charge in [0.15, 0.2) is 0 Å². The van der Waals surface area contributed by atoms with Crippen LogP contribution in [0.5, 0.6) is 5.75 Å². The summed E-state index contributed by atoms with van der Waals surface area (Å²) >= 11 is 0. The Bertz CT molecular complexity index is 400. The lowest BCUT2D eigenvalue weighted by molar-refractivity contribution is 0.214. The van der Waals surface area contributed by atoms with Crippen LogP contribution in [0.4, 0.5) is 0 Å². The van der Waals surface area contributed by atoms with E-state index >= 15 is 0 Å². The van der Waals surface area contributed by atoms with Crippen LogP contribution >= 0.6 is 0 Å². The maximum Gasteiger partial charge on any atom is 0.115 e. The molecular formula is C15H21NO. The second kappa shape index (κ2) is 4.02. The highest BCUT2D eigenvalue weighted by Gasteiger charge is 2.51. The summed E-state index contributed by atoms with van der Waals surface area (Å²) < 4.78 is 0. The molecule has 0 saturated heterocycles. The number of hydrogen-bond acceptors (Lipinski definition) is 2. The Morgan fingerprint density at radius 3 is 2.59 bits per heavy atom. The normalized spacial score (nSPS) is 35.4. The molecule has 2 fully saturated rings. The van der Waals surface area contributed by atoms with Gasteiger partial charge in [-0.15, -0.1) is 0 Å². The van der Waals surface area contributed by atoms with Gasteiger partial charge in [0, 0.05) is 5.54 Å². The van der Waals surface area contributed by atoms with Crippen LogP contribution in [0.2, 0.25) is 0 Å². The van der Waals surface area contributed by atoms with Crippen LogP contribution < -0.4 is 5.32 Å². The first-order valence-corrected chi connectivity index (χ1v) is 6.79. The number of phenolic OH excluding ortho intramolecular Hbond substituents is 1. The van der Waals surface area contributed by atoms with Crippen LogP contribution in [-0.4, -0.2) is 11.7 Å². The Kier molecular flexibility index (Phi) is 2.62. The van der Waals surface area contributed by atoms with Crippen molar-refractivity contribution in [1.82, 2.24) is 5.32 Å². The van der Waals surface area contributed by atoms with E-state index in [0.717, 1.165) is 18.4 Å². The Hall–Kier alpha value is -1.02. The van der Waals surface area contributed by atoms with Crippen molar-refractivity contribution in [2.24, 2.45) is 11.8 Å². The van der Waals surface area contributed by atoms with Crippen LogP contribution in [-0.2, 0) is 5.54 Å². The molecule has 2 aliphatic carbocycles. The fourth-order valence-corrected chi connectivity index (χ4v) is 4.08. The van der Waals surface area contributed by atoms with Crippen molar-refractivity contribution < 1.29 is 5.11 Å². The smallest absolute Gasteiger partial charge is 0.115 e. The summed E-state index contributed by atoms with van der Waals surface area (Å²) in [7, 11) is 0. The van der Waals surface area contributed by atoms with Gasteiger partial charge in [0.05, 0.1) is 0 Å². The van der Waals surface area contributed by atoms with Gasteiger partial charge in [-0.2, -0.15) is 0 Å². The average Bonchev–Trinajstić information content (AvgIpc) is 2.91. The largest absolute Gasteiger partial charge is 0.508 e. The molecule has 3 atom stereocenters. The number of nitrogens with one attached hydrogen (secondary N) is 1.